The van der Waals surface area contributed by atoms with Gasteiger partial charge >= 0.3 is 34.5 Å². The van der Waals surface area contributed by atoms with E-state index in [0.29, 0.717) is 32.8 Å². The standard InChI is InChI=1S/2C12H9ClN2O.2ClH.Ru/c2*13-9-5-1-2-6-10(9)15-12(16)11-7-3-4-8-14-11;;;/h2*1-8H,(H,15,16);2*1H;/q;;;;+2/p-3. The van der Waals surface area contributed by atoms with Crippen LogP contribution in [0.5, 0.6) is 0 Å². The number of rotatable bonds is 4. The molecule has 0 radical (unpaired) electrons. The summed E-state index contributed by atoms with van der Waals surface area (Å²) in [5.74, 6) is -0.664. The molecule has 0 bridgehead atoms. The van der Waals surface area contributed by atoms with Crippen molar-refractivity contribution in [1.29, 1.82) is 0 Å². The van der Waals surface area contributed by atoms with E-state index in [4.69, 9.17) is 42.6 Å². The van der Waals surface area contributed by atoms with Crippen molar-refractivity contribution in [2.24, 2.45) is 0 Å². The fourth-order valence-corrected chi connectivity index (χ4v) is 2.81. The van der Waals surface area contributed by atoms with Crippen LogP contribution in [-0.2, 0) is 15.1 Å². The van der Waals surface area contributed by atoms with Gasteiger partial charge in [0.1, 0.15) is 11.6 Å². The Labute approximate surface area is 228 Å². The SMILES string of the molecule is O=C(Nc1ccccc1Cl)c1ccccn1.O=C([N-]c1ccccc1Cl)c1ccccn1.[Cl][Ru][Cl]. The van der Waals surface area contributed by atoms with Crippen LogP contribution in [0.15, 0.2) is 97.3 Å². The zero-order chi connectivity index (χ0) is 25.5. The first-order chi connectivity index (χ1) is 17.0. The van der Waals surface area contributed by atoms with Crippen molar-refractivity contribution in [3.8, 4) is 0 Å². The monoisotopic (exact) mass is 635 g/mol. The Balaban J connectivity index is 0.000000222. The molecule has 2 heterocycles. The second kappa shape index (κ2) is 16.2. The number of carbonyl (C=O) groups is 2. The van der Waals surface area contributed by atoms with Gasteiger partial charge in [0.2, 0.25) is 0 Å². The summed E-state index contributed by atoms with van der Waals surface area (Å²) in [4.78, 5) is 31.3. The van der Waals surface area contributed by atoms with Crippen LogP contribution in [0, 0.1) is 0 Å². The van der Waals surface area contributed by atoms with Crippen LogP contribution in [0.1, 0.15) is 21.0 Å². The molecule has 0 fully saturated rings. The van der Waals surface area contributed by atoms with Crippen molar-refractivity contribution in [3.63, 3.8) is 0 Å². The molecule has 4 aromatic rings. The number of anilines is 1. The van der Waals surface area contributed by atoms with E-state index < -0.39 is 5.91 Å². The summed E-state index contributed by atoms with van der Waals surface area (Å²) >= 11 is 11.5. The Hall–Kier alpha value is -2.54. The summed E-state index contributed by atoms with van der Waals surface area (Å²) in [6.45, 7) is 0. The zero-order valence-corrected chi connectivity index (χ0v) is 22.5. The molecule has 0 spiro atoms. The average Bonchev–Trinajstić information content (AvgIpc) is 2.89. The first kappa shape index (κ1) is 28.7. The number of benzene rings is 2. The van der Waals surface area contributed by atoms with Crippen molar-refractivity contribution < 1.29 is 24.7 Å². The van der Waals surface area contributed by atoms with Gasteiger partial charge in [-0.2, -0.15) is 0 Å². The molecule has 0 atom stereocenters. The molecule has 2 aromatic heterocycles. The van der Waals surface area contributed by atoms with Gasteiger partial charge in [0.05, 0.1) is 16.4 Å². The molecular weight excluding hydrogens is 619 g/mol. The number of para-hydroxylation sites is 2. The molecule has 1 N–H and O–H groups in total. The Bertz CT molecular complexity index is 1120. The maximum absolute atomic E-state index is 11.7. The van der Waals surface area contributed by atoms with E-state index in [1.54, 1.807) is 97.3 Å². The summed E-state index contributed by atoms with van der Waals surface area (Å²) in [6.07, 6.45) is 3.12. The first-order valence-corrected chi connectivity index (χ1v) is 14.9. The molecule has 6 nitrogen and oxygen atoms in total. The quantitative estimate of drug-likeness (QED) is 0.231. The van der Waals surface area contributed by atoms with Gasteiger partial charge in [-0.05, 0) is 42.5 Å². The van der Waals surface area contributed by atoms with Crippen LogP contribution in [0.2, 0.25) is 10.0 Å². The van der Waals surface area contributed by atoms with Crippen molar-refractivity contribution in [2.75, 3.05) is 5.32 Å². The molecule has 0 saturated carbocycles. The van der Waals surface area contributed by atoms with E-state index in [9.17, 15) is 9.59 Å². The summed E-state index contributed by atoms with van der Waals surface area (Å²) in [7, 11) is 9.71. The summed E-state index contributed by atoms with van der Waals surface area (Å²) < 4.78 is 0. The number of amides is 2. The van der Waals surface area contributed by atoms with Gasteiger partial charge in [-0.3, -0.25) is 14.8 Å². The van der Waals surface area contributed by atoms with Crippen LogP contribution >= 0.6 is 42.6 Å². The zero-order valence-electron chi connectivity index (χ0n) is 17.8. The number of halogens is 4. The first-order valence-electron chi connectivity index (χ1n) is 9.70. The molecular formula is C24H17Cl4N4O2Ru-. The average molecular weight is 636 g/mol. The number of carbonyl (C=O) groups excluding carboxylic acids is 2. The molecule has 2 aromatic carbocycles. The Kier molecular flexibility index (Phi) is 13.3. The van der Waals surface area contributed by atoms with Gasteiger partial charge in [-0.1, -0.05) is 65.7 Å². The van der Waals surface area contributed by atoms with E-state index >= 15 is 0 Å². The van der Waals surface area contributed by atoms with E-state index in [-0.39, 0.29) is 21.1 Å². The van der Waals surface area contributed by atoms with Crippen molar-refractivity contribution in [2.45, 2.75) is 0 Å². The molecule has 4 rings (SSSR count). The predicted octanol–water partition coefficient (Wildman–Crippen LogP) is 7.94. The van der Waals surface area contributed by atoms with Crippen LogP contribution in [-0.4, -0.2) is 21.8 Å². The molecule has 0 saturated heterocycles. The summed E-state index contributed by atoms with van der Waals surface area (Å²) in [5, 5.41) is 7.55. The predicted molar refractivity (Wildman–Crippen MR) is 138 cm³/mol. The minimum absolute atomic E-state index is 0.270. The van der Waals surface area contributed by atoms with Gasteiger partial charge in [0.25, 0.3) is 5.91 Å². The van der Waals surface area contributed by atoms with E-state index in [0.717, 1.165) is 0 Å². The maximum atomic E-state index is 11.7. The molecule has 35 heavy (non-hydrogen) atoms. The third kappa shape index (κ3) is 10.3. The van der Waals surface area contributed by atoms with Gasteiger partial charge in [0.15, 0.2) is 0 Å². The molecule has 0 aliphatic heterocycles. The van der Waals surface area contributed by atoms with Crippen molar-refractivity contribution in [3.05, 3.63) is 124 Å². The topological polar surface area (TPSA) is 86.0 Å². The van der Waals surface area contributed by atoms with Crippen LogP contribution in [0.25, 0.3) is 5.32 Å². The molecule has 11 heteroatoms. The third-order valence-electron chi connectivity index (χ3n) is 3.98. The number of pyridine rings is 2. The molecule has 0 aliphatic rings. The minimum atomic E-state index is -0.395. The van der Waals surface area contributed by atoms with Gasteiger partial charge in [0, 0.05) is 17.4 Å². The second-order valence-electron chi connectivity index (χ2n) is 6.28. The van der Waals surface area contributed by atoms with Gasteiger partial charge in [-0.15, -0.1) is 5.69 Å². The van der Waals surface area contributed by atoms with Crippen LogP contribution in [0.3, 0.4) is 0 Å². The summed E-state index contributed by atoms with van der Waals surface area (Å²) in [6, 6.07) is 24.2. The van der Waals surface area contributed by atoms with Crippen molar-refractivity contribution >= 4 is 65.8 Å². The summed E-state index contributed by atoms with van der Waals surface area (Å²) in [5.41, 5.74) is 1.71. The molecule has 0 unspecified atom stereocenters. The number of nitrogens with one attached hydrogen (secondary N) is 1. The molecule has 182 valence electrons. The van der Waals surface area contributed by atoms with Crippen LogP contribution in [0.4, 0.5) is 11.4 Å². The number of nitrogens with zero attached hydrogens (tertiary/aromatic N) is 3. The Morgan fingerprint density at radius 1 is 0.714 bits per heavy atom. The number of hydrogen-bond donors (Lipinski definition) is 1. The fourth-order valence-electron chi connectivity index (χ4n) is 2.44. The van der Waals surface area contributed by atoms with Crippen LogP contribution < -0.4 is 5.32 Å². The normalized spacial score (nSPS) is 9.60. The van der Waals surface area contributed by atoms with E-state index in [2.05, 4.69) is 20.6 Å². The van der Waals surface area contributed by atoms with E-state index in [1.165, 1.54) is 0 Å². The molecule has 2 amide bonds. The third-order valence-corrected chi connectivity index (χ3v) is 4.63. The van der Waals surface area contributed by atoms with E-state index in [1.807, 2.05) is 0 Å². The van der Waals surface area contributed by atoms with Gasteiger partial charge < -0.3 is 15.4 Å². The number of aromatic nitrogens is 2. The number of hydrogen-bond acceptors (Lipinski definition) is 4. The van der Waals surface area contributed by atoms with Crippen molar-refractivity contribution in [1.82, 2.24) is 9.97 Å². The van der Waals surface area contributed by atoms with Gasteiger partial charge in [-0.25, -0.2) is 0 Å². The fraction of sp³-hybridized carbons (Fsp3) is 0. The molecule has 0 aliphatic carbocycles. The Morgan fingerprint density at radius 2 is 1.23 bits per heavy atom. The second-order valence-corrected chi connectivity index (χ2v) is 9.74. The Morgan fingerprint density at radius 3 is 1.77 bits per heavy atom.